The van der Waals surface area contributed by atoms with Crippen LogP contribution in [0.2, 0.25) is 0 Å². The van der Waals surface area contributed by atoms with Crippen molar-refractivity contribution in [2.45, 2.75) is 19.9 Å². The Morgan fingerprint density at radius 1 is 1.43 bits per heavy atom. The van der Waals surface area contributed by atoms with Crippen LogP contribution in [0.4, 0.5) is 4.79 Å². The van der Waals surface area contributed by atoms with E-state index in [1.165, 1.54) is 4.90 Å². The number of aliphatic hydroxyl groups excluding tert-OH is 1. The molecule has 1 fully saturated rings. The molecule has 0 saturated carbocycles. The van der Waals surface area contributed by atoms with Gasteiger partial charge in [0.15, 0.2) is 0 Å². The van der Waals surface area contributed by atoms with Gasteiger partial charge in [-0.25, -0.2) is 4.79 Å². The monoisotopic (exact) mass is 200 g/mol. The van der Waals surface area contributed by atoms with Gasteiger partial charge in [-0.05, 0) is 5.92 Å². The third-order valence-electron chi connectivity index (χ3n) is 2.42. The number of rotatable bonds is 3. The summed E-state index contributed by atoms with van der Waals surface area (Å²) in [5, 5.41) is 8.71. The third-order valence-corrected chi connectivity index (χ3v) is 2.42. The van der Waals surface area contributed by atoms with Gasteiger partial charge >= 0.3 is 6.03 Å². The molecule has 0 radical (unpaired) electrons. The van der Waals surface area contributed by atoms with Crippen LogP contribution in [0.25, 0.3) is 0 Å². The van der Waals surface area contributed by atoms with Gasteiger partial charge in [-0.1, -0.05) is 13.8 Å². The lowest BCUT2D eigenvalue weighted by Gasteiger charge is -2.19. The topological polar surface area (TPSA) is 60.9 Å². The highest BCUT2D eigenvalue weighted by molar-refractivity contribution is 6.04. The number of urea groups is 1. The second kappa shape index (κ2) is 3.96. The van der Waals surface area contributed by atoms with Crippen LogP contribution < -0.4 is 0 Å². The predicted octanol–water partition coefficient (Wildman–Crippen LogP) is -0.103. The van der Waals surface area contributed by atoms with E-state index in [0.29, 0.717) is 0 Å². The van der Waals surface area contributed by atoms with Crippen LogP contribution >= 0.6 is 0 Å². The molecule has 0 aromatic carbocycles. The van der Waals surface area contributed by atoms with Gasteiger partial charge in [0.2, 0.25) is 0 Å². The van der Waals surface area contributed by atoms with Crippen molar-refractivity contribution in [1.29, 1.82) is 0 Å². The van der Waals surface area contributed by atoms with Crippen molar-refractivity contribution in [3.63, 3.8) is 0 Å². The van der Waals surface area contributed by atoms with Crippen molar-refractivity contribution in [2.75, 3.05) is 20.2 Å². The molecule has 0 aromatic heterocycles. The Hall–Kier alpha value is -1.10. The molecule has 5 heteroatoms. The molecule has 0 aliphatic carbocycles. The summed E-state index contributed by atoms with van der Waals surface area (Å²) in [6.45, 7) is 3.70. The molecule has 1 aliphatic rings. The first-order chi connectivity index (χ1) is 6.50. The fourth-order valence-electron chi connectivity index (χ4n) is 1.77. The minimum atomic E-state index is -0.381. The quantitative estimate of drug-likeness (QED) is 0.647. The summed E-state index contributed by atoms with van der Waals surface area (Å²) >= 11 is 0. The van der Waals surface area contributed by atoms with Crippen molar-refractivity contribution in [1.82, 2.24) is 9.80 Å². The van der Waals surface area contributed by atoms with Crippen molar-refractivity contribution in [3.8, 4) is 0 Å². The Bertz CT molecular complexity index is 252. The maximum Gasteiger partial charge on any atom is 0.327 e. The van der Waals surface area contributed by atoms with Gasteiger partial charge < -0.3 is 10.0 Å². The SMILES string of the molecule is CC(C)C1C(=O)N(CCO)C(=O)N1C. The molecular weight excluding hydrogens is 184 g/mol. The number of amides is 3. The van der Waals surface area contributed by atoms with Crippen molar-refractivity contribution >= 4 is 11.9 Å². The molecule has 1 rings (SSSR count). The number of hydrogen-bond donors (Lipinski definition) is 1. The molecule has 3 amide bonds. The molecule has 1 aliphatic heterocycles. The average molecular weight is 200 g/mol. The Labute approximate surface area is 83.3 Å². The molecule has 0 bridgehead atoms. The maximum atomic E-state index is 11.7. The van der Waals surface area contributed by atoms with E-state index in [2.05, 4.69) is 0 Å². The molecule has 1 atom stereocenters. The lowest BCUT2D eigenvalue weighted by Crippen LogP contribution is -2.36. The van der Waals surface area contributed by atoms with Crippen LogP contribution in [0, 0.1) is 5.92 Å². The van der Waals surface area contributed by atoms with Gasteiger partial charge in [-0.3, -0.25) is 9.69 Å². The van der Waals surface area contributed by atoms with E-state index < -0.39 is 0 Å². The summed E-state index contributed by atoms with van der Waals surface area (Å²) in [5.74, 6) is -0.110. The van der Waals surface area contributed by atoms with Gasteiger partial charge in [0.05, 0.1) is 13.2 Å². The molecule has 1 unspecified atom stereocenters. The highest BCUT2D eigenvalue weighted by Crippen LogP contribution is 2.21. The van der Waals surface area contributed by atoms with Gasteiger partial charge in [-0.15, -0.1) is 0 Å². The number of hydrogen-bond acceptors (Lipinski definition) is 3. The lowest BCUT2D eigenvalue weighted by atomic mass is 10.0. The van der Waals surface area contributed by atoms with Crippen molar-refractivity contribution in [2.24, 2.45) is 5.92 Å². The van der Waals surface area contributed by atoms with Crippen LogP contribution in [0.3, 0.4) is 0 Å². The smallest absolute Gasteiger partial charge is 0.327 e. The summed E-state index contributed by atoms with van der Waals surface area (Å²) < 4.78 is 0. The van der Waals surface area contributed by atoms with E-state index in [1.807, 2.05) is 13.8 Å². The first-order valence-corrected chi connectivity index (χ1v) is 4.69. The largest absolute Gasteiger partial charge is 0.395 e. The van der Waals surface area contributed by atoms with Crippen LogP contribution in [-0.2, 0) is 4.79 Å². The molecule has 5 nitrogen and oxygen atoms in total. The molecule has 0 aromatic rings. The van der Waals surface area contributed by atoms with E-state index in [9.17, 15) is 9.59 Å². The summed E-state index contributed by atoms with van der Waals surface area (Å²) in [4.78, 5) is 25.8. The van der Waals surface area contributed by atoms with E-state index in [-0.39, 0.29) is 37.0 Å². The highest BCUT2D eigenvalue weighted by Gasteiger charge is 2.43. The fourth-order valence-corrected chi connectivity index (χ4v) is 1.77. The molecule has 1 N–H and O–H groups in total. The van der Waals surface area contributed by atoms with E-state index in [0.717, 1.165) is 4.90 Å². The molecule has 1 saturated heterocycles. The highest BCUT2D eigenvalue weighted by atomic mass is 16.3. The number of nitrogens with zero attached hydrogens (tertiary/aromatic N) is 2. The number of β-amino-alcohol motifs (C(OH)–C–C–N with tert-alkyl or cyclic N) is 1. The first kappa shape index (κ1) is 11.0. The zero-order valence-corrected chi connectivity index (χ0v) is 8.73. The van der Waals surface area contributed by atoms with Crippen LogP contribution in [-0.4, -0.2) is 53.1 Å². The predicted molar refractivity (Wildman–Crippen MR) is 50.6 cm³/mol. The van der Waals surface area contributed by atoms with E-state index in [1.54, 1.807) is 7.05 Å². The van der Waals surface area contributed by atoms with Crippen LogP contribution in [0.1, 0.15) is 13.8 Å². The first-order valence-electron chi connectivity index (χ1n) is 4.69. The second-order valence-electron chi connectivity index (χ2n) is 3.80. The zero-order chi connectivity index (χ0) is 10.9. The normalized spacial score (nSPS) is 22.8. The van der Waals surface area contributed by atoms with Crippen molar-refractivity contribution < 1.29 is 14.7 Å². The summed E-state index contributed by atoms with van der Waals surface area (Å²) in [7, 11) is 1.61. The Kier molecular flexibility index (Phi) is 3.10. The van der Waals surface area contributed by atoms with E-state index in [4.69, 9.17) is 5.11 Å². The van der Waals surface area contributed by atoms with Crippen LogP contribution in [0.15, 0.2) is 0 Å². The summed E-state index contributed by atoms with van der Waals surface area (Å²) in [6, 6.07) is -0.697. The van der Waals surface area contributed by atoms with Gasteiger partial charge in [-0.2, -0.15) is 0 Å². The Morgan fingerprint density at radius 3 is 2.36 bits per heavy atom. The minimum absolute atomic E-state index is 0.0885. The molecule has 14 heavy (non-hydrogen) atoms. The summed E-state index contributed by atoms with van der Waals surface area (Å²) in [5.41, 5.74) is 0. The zero-order valence-electron chi connectivity index (χ0n) is 8.73. The fraction of sp³-hybridized carbons (Fsp3) is 0.778. The van der Waals surface area contributed by atoms with Crippen molar-refractivity contribution in [3.05, 3.63) is 0 Å². The average Bonchev–Trinajstić information content (AvgIpc) is 2.30. The lowest BCUT2D eigenvalue weighted by molar-refractivity contribution is -0.129. The number of carbonyl (C=O) groups is 2. The van der Waals surface area contributed by atoms with E-state index >= 15 is 0 Å². The molecule has 1 heterocycles. The maximum absolute atomic E-state index is 11.7. The van der Waals surface area contributed by atoms with Gasteiger partial charge in [0, 0.05) is 7.05 Å². The third kappa shape index (κ3) is 1.59. The molecular formula is C9H16N2O3. The standard InChI is InChI=1S/C9H16N2O3/c1-6(2)7-8(13)11(4-5-12)9(14)10(7)3/h6-7,12H,4-5H2,1-3H3. The minimum Gasteiger partial charge on any atom is -0.395 e. The Morgan fingerprint density at radius 2 is 2.00 bits per heavy atom. The number of carbonyl (C=O) groups excluding carboxylic acids is 2. The van der Waals surface area contributed by atoms with Gasteiger partial charge in [0.25, 0.3) is 5.91 Å². The number of aliphatic hydroxyl groups is 1. The second-order valence-corrected chi connectivity index (χ2v) is 3.80. The molecule has 0 spiro atoms. The number of likely N-dealkylation sites (N-methyl/N-ethyl adjacent to an activating group) is 1. The van der Waals surface area contributed by atoms with Gasteiger partial charge in [0.1, 0.15) is 6.04 Å². The Balaban J connectivity index is 2.85. The summed E-state index contributed by atoms with van der Waals surface area (Å²) in [6.07, 6.45) is 0. The number of imide groups is 1. The van der Waals surface area contributed by atoms with Crippen LogP contribution in [0.5, 0.6) is 0 Å². The molecule has 80 valence electrons.